The first-order valence-corrected chi connectivity index (χ1v) is 7.78. The molecule has 0 aromatic heterocycles. The summed E-state index contributed by atoms with van der Waals surface area (Å²) in [6.45, 7) is 6.55. The summed E-state index contributed by atoms with van der Waals surface area (Å²) >= 11 is 0. The number of nitrogens with zero attached hydrogens (tertiary/aromatic N) is 1. The van der Waals surface area contributed by atoms with Crippen molar-refractivity contribution in [2.75, 3.05) is 13.1 Å². The normalized spacial score (nSPS) is 28.0. The smallest absolute Gasteiger partial charge is 0.509 e. The zero-order valence-corrected chi connectivity index (χ0v) is 13.1. The van der Waals surface area contributed by atoms with Gasteiger partial charge in [0.25, 0.3) is 5.97 Å². The van der Waals surface area contributed by atoms with E-state index in [-0.39, 0.29) is 29.8 Å². The molecular formula is C14H25BN2O4. The van der Waals surface area contributed by atoms with Gasteiger partial charge in [0, 0.05) is 19.2 Å². The maximum atomic E-state index is 12.3. The highest BCUT2D eigenvalue weighted by atomic mass is 16.6. The van der Waals surface area contributed by atoms with E-state index in [0.29, 0.717) is 19.4 Å². The summed E-state index contributed by atoms with van der Waals surface area (Å²) in [4.78, 5) is 26.0. The van der Waals surface area contributed by atoms with Crippen LogP contribution >= 0.6 is 0 Å². The third-order valence-corrected chi connectivity index (χ3v) is 4.13. The number of carbonyl (C=O) groups is 2. The van der Waals surface area contributed by atoms with Crippen LogP contribution < -0.4 is 5.73 Å². The van der Waals surface area contributed by atoms with Gasteiger partial charge in [-0.05, 0) is 39.4 Å². The molecule has 2 aliphatic rings. The molecule has 2 saturated heterocycles. The van der Waals surface area contributed by atoms with Gasteiger partial charge in [-0.1, -0.05) is 6.42 Å². The Balaban J connectivity index is 2.01. The zero-order chi connectivity index (χ0) is 15.6. The molecule has 6 nitrogen and oxygen atoms in total. The van der Waals surface area contributed by atoms with Gasteiger partial charge in [-0.2, -0.15) is 0 Å². The van der Waals surface area contributed by atoms with Crippen molar-refractivity contribution in [3.8, 4) is 0 Å². The quantitative estimate of drug-likeness (QED) is 0.774. The average Bonchev–Trinajstić information content (AvgIpc) is 2.79. The summed E-state index contributed by atoms with van der Waals surface area (Å²) in [6, 6.07) is -0.525. The number of rotatable bonds is 3. The molecule has 2 aliphatic heterocycles. The number of carbonyl (C=O) groups excluding carboxylic acids is 2. The molecule has 2 heterocycles. The van der Waals surface area contributed by atoms with E-state index < -0.39 is 13.2 Å². The van der Waals surface area contributed by atoms with Crippen molar-refractivity contribution in [1.29, 1.82) is 0 Å². The zero-order valence-electron chi connectivity index (χ0n) is 13.1. The van der Waals surface area contributed by atoms with Crippen LogP contribution in [-0.2, 0) is 18.9 Å². The molecule has 7 heteroatoms. The summed E-state index contributed by atoms with van der Waals surface area (Å²) in [7, 11) is -0.461. The molecular weight excluding hydrogens is 271 g/mol. The summed E-state index contributed by atoms with van der Waals surface area (Å²) in [6.07, 6.45) is 2.60. The van der Waals surface area contributed by atoms with Gasteiger partial charge in [0.1, 0.15) is 0 Å². The second-order valence-electron chi connectivity index (χ2n) is 6.38. The molecule has 0 aliphatic carbocycles. The fourth-order valence-electron chi connectivity index (χ4n) is 3.12. The van der Waals surface area contributed by atoms with Gasteiger partial charge in [0.05, 0.1) is 12.0 Å². The van der Waals surface area contributed by atoms with Gasteiger partial charge < -0.3 is 19.9 Å². The largest absolute Gasteiger partial charge is 0.527 e. The molecule has 118 valence electrons. The maximum absolute atomic E-state index is 12.3. The standard InChI is InChI=1S/C14H25BN2O4/c1-9(2)20-15-6-4-5-11-7-17(13(18)10(3)16)8-12(11)14(19)21-15/h9-12H,4-8,16H2,1-3H3/t10?,11-,12+/m0/s1. The minimum atomic E-state index is -0.525. The Hall–Kier alpha value is -1.08. The van der Waals surface area contributed by atoms with E-state index in [1.807, 2.05) is 13.8 Å². The van der Waals surface area contributed by atoms with Crippen LogP contribution in [-0.4, -0.2) is 49.1 Å². The minimum Gasteiger partial charge on any atom is -0.509 e. The summed E-state index contributed by atoms with van der Waals surface area (Å²) in [5.74, 6) is -0.402. The first kappa shape index (κ1) is 16.3. The molecule has 0 aromatic carbocycles. The van der Waals surface area contributed by atoms with Crippen LogP contribution in [0.2, 0.25) is 6.32 Å². The van der Waals surface area contributed by atoms with E-state index >= 15 is 0 Å². The van der Waals surface area contributed by atoms with Gasteiger partial charge in [-0.25, -0.2) is 0 Å². The predicted octanol–water partition coefficient (Wildman–Crippen LogP) is 0.658. The number of hydrogen-bond acceptors (Lipinski definition) is 5. The number of amides is 1. The van der Waals surface area contributed by atoms with Crippen LogP contribution in [0.5, 0.6) is 0 Å². The Morgan fingerprint density at radius 3 is 2.76 bits per heavy atom. The van der Waals surface area contributed by atoms with Crippen molar-refractivity contribution in [1.82, 2.24) is 4.90 Å². The van der Waals surface area contributed by atoms with E-state index in [1.165, 1.54) is 0 Å². The Bertz CT molecular complexity index is 402. The lowest BCUT2D eigenvalue weighted by Crippen LogP contribution is -2.41. The Labute approximate surface area is 126 Å². The van der Waals surface area contributed by atoms with Gasteiger partial charge in [-0.3, -0.25) is 9.59 Å². The van der Waals surface area contributed by atoms with Crippen LogP contribution in [0.4, 0.5) is 0 Å². The molecule has 2 N–H and O–H groups in total. The van der Waals surface area contributed by atoms with Crippen molar-refractivity contribution in [2.45, 2.75) is 52.1 Å². The third-order valence-electron chi connectivity index (χ3n) is 4.13. The molecule has 0 aromatic rings. The molecule has 2 rings (SSSR count). The average molecular weight is 296 g/mol. The van der Waals surface area contributed by atoms with E-state index in [1.54, 1.807) is 11.8 Å². The first-order chi connectivity index (χ1) is 9.88. The second kappa shape index (κ2) is 6.79. The summed E-state index contributed by atoms with van der Waals surface area (Å²) in [5, 5.41) is 0. The summed E-state index contributed by atoms with van der Waals surface area (Å²) < 4.78 is 11.1. The maximum Gasteiger partial charge on any atom is 0.527 e. The van der Waals surface area contributed by atoms with E-state index in [0.717, 1.165) is 12.8 Å². The van der Waals surface area contributed by atoms with E-state index in [2.05, 4.69) is 0 Å². The molecule has 0 bridgehead atoms. The van der Waals surface area contributed by atoms with Crippen LogP contribution in [0.15, 0.2) is 0 Å². The molecule has 2 fully saturated rings. The number of fused-ring (bicyclic) bond motifs is 1. The van der Waals surface area contributed by atoms with Gasteiger partial charge >= 0.3 is 7.12 Å². The van der Waals surface area contributed by atoms with Crippen molar-refractivity contribution in [3.63, 3.8) is 0 Å². The van der Waals surface area contributed by atoms with Crippen LogP contribution in [0.3, 0.4) is 0 Å². The monoisotopic (exact) mass is 296 g/mol. The topological polar surface area (TPSA) is 81.9 Å². The molecule has 0 spiro atoms. The van der Waals surface area contributed by atoms with Crippen LogP contribution in [0.25, 0.3) is 0 Å². The lowest BCUT2D eigenvalue weighted by Gasteiger charge is -2.24. The highest BCUT2D eigenvalue weighted by molar-refractivity contribution is 6.46. The van der Waals surface area contributed by atoms with Gasteiger partial charge in [0.15, 0.2) is 0 Å². The molecule has 1 unspecified atom stereocenters. The van der Waals surface area contributed by atoms with Crippen LogP contribution in [0.1, 0.15) is 33.6 Å². The number of likely N-dealkylation sites (tertiary alicyclic amines) is 1. The fraction of sp³-hybridized carbons (Fsp3) is 0.857. The van der Waals surface area contributed by atoms with Crippen molar-refractivity contribution < 1.29 is 18.9 Å². The highest BCUT2D eigenvalue weighted by Crippen LogP contribution is 2.32. The Kier molecular flexibility index (Phi) is 5.27. The van der Waals surface area contributed by atoms with E-state index in [4.69, 9.17) is 15.0 Å². The highest BCUT2D eigenvalue weighted by Gasteiger charge is 2.43. The van der Waals surface area contributed by atoms with Crippen molar-refractivity contribution >= 4 is 19.0 Å². The van der Waals surface area contributed by atoms with Crippen molar-refractivity contribution in [3.05, 3.63) is 0 Å². The third kappa shape index (κ3) is 3.98. The fourth-order valence-corrected chi connectivity index (χ4v) is 3.12. The first-order valence-electron chi connectivity index (χ1n) is 7.78. The molecule has 1 amide bonds. The van der Waals surface area contributed by atoms with E-state index in [9.17, 15) is 9.59 Å². The molecule has 21 heavy (non-hydrogen) atoms. The lowest BCUT2D eigenvalue weighted by atomic mass is 9.76. The van der Waals surface area contributed by atoms with Crippen molar-refractivity contribution in [2.24, 2.45) is 17.6 Å². The minimum absolute atomic E-state index is 0.0257. The molecule has 0 saturated carbocycles. The number of hydrogen-bond donors (Lipinski definition) is 1. The van der Waals surface area contributed by atoms with Crippen LogP contribution in [0, 0.1) is 11.8 Å². The predicted molar refractivity (Wildman–Crippen MR) is 79.3 cm³/mol. The second-order valence-corrected chi connectivity index (χ2v) is 6.38. The summed E-state index contributed by atoms with van der Waals surface area (Å²) in [5.41, 5.74) is 5.65. The Morgan fingerprint density at radius 2 is 2.14 bits per heavy atom. The van der Waals surface area contributed by atoms with Gasteiger partial charge in [-0.15, -0.1) is 0 Å². The molecule has 3 atom stereocenters. The van der Waals surface area contributed by atoms with Gasteiger partial charge in [0.2, 0.25) is 5.91 Å². The molecule has 0 radical (unpaired) electrons. The lowest BCUT2D eigenvalue weighted by molar-refractivity contribution is -0.142. The Morgan fingerprint density at radius 1 is 1.43 bits per heavy atom. The SMILES string of the molecule is CC(C)OB1CCC[C@H]2CN(C(=O)C(C)N)C[C@H]2C(=O)O1. The number of nitrogens with two attached hydrogens (primary N) is 1.